The molecule has 114 valence electrons. The van der Waals surface area contributed by atoms with E-state index in [-0.39, 0.29) is 21.9 Å². The molecular formula is C15H15ClFN5. The molecule has 0 aliphatic carbocycles. The predicted molar refractivity (Wildman–Crippen MR) is 85.1 cm³/mol. The molecule has 0 spiro atoms. The summed E-state index contributed by atoms with van der Waals surface area (Å²) in [5.74, 6) is -0.275. The lowest BCUT2D eigenvalue weighted by molar-refractivity contribution is 0.366. The van der Waals surface area contributed by atoms with Crippen LogP contribution in [0.5, 0.6) is 0 Å². The van der Waals surface area contributed by atoms with E-state index in [2.05, 4.69) is 15.1 Å². The Hall–Kier alpha value is -2.21. The summed E-state index contributed by atoms with van der Waals surface area (Å²) in [6.45, 7) is 5.95. The molecule has 0 amide bonds. The number of nitrogens with zero attached hydrogens (tertiary/aromatic N) is 4. The van der Waals surface area contributed by atoms with Crippen molar-refractivity contribution in [2.24, 2.45) is 0 Å². The third kappa shape index (κ3) is 2.20. The molecule has 0 radical (unpaired) electrons. The van der Waals surface area contributed by atoms with Crippen LogP contribution in [0.25, 0.3) is 22.3 Å². The zero-order valence-corrected chi connectivity index (χ0v) is 13.2. The molecule has 0 aliphatic heterocycles. The van der Waals surface area contributed by atoms with Gasteiger partial charge in [0.2, 0.25) is 0 Å². The van der Waals surface area contributed by atoms with Crippen molar-refractivity contribution in [1.29, 1.82) is 0 Å². The third-order valence-electron chi connectivity index (χ3n) is 3.34. The van der Waals surface area contributed by atoms with Crippen LogP contribution in [-0.2, 0) is 5.54 Å². The Morgan fingerprint density at radius 3 is 2.64 bits per heavy atom. The summed E-state index contributed by atoms with van der Waals surface area (Å²) in [4.78, 5) is 8.26. The molecule has 0 atom stereocenters. The fraction of sp³-hybridized carbons (Fsp3) is 0.267. The van der Waals surface area contributed by atoms with Crippen molar-refractivity contribution in [3.05, 3.63) is 35.4 Å². The molecule has 0 bridgehead atoms. The first-order chi connectivity index (χ1) is 10.3. The predicted octanol–water partition coefficient (Wildman–Crippen LogP) is 3.62. The summed E-state index contributed by atoms with van der Waals surface area (Å²) in [6, 6.07) is 4.77. The van der Waals surface area contributed by atoms with E-state index in [1.807, 2.05) is 20.8 Å². The maximum Gasteiger partial charge on any atom is 0.164 e. The highest BCUT2D eigenvalue weighted by atomic mass is 35.5. The monoisotopic (exact) mass is 319 g/mol. The summed E-state index contributed by atoms with van der Waals surface area (Å²) in [5.41, 5.74) is 6.87. The van der Waals surface area contributed by atoms with Crippen LogP contribution < -0.4 is 5.73 Å². The quantitative estimate of drug-likeness (QED) is 0.743. The van der Waals surface area contributed by atoms with E-state index < -0.39 is 5.82 Å². The van der Waals surface area contributed by atoms with Gasteiger partial charge in [-0.1, -0.05) is 17.7 Å². The fourth-order valence-electron chi connectivity index (χ4n) is 2.32. The number of nitrogen functional groups attached to an aromatic ring is 1. The molecule has 0 fully saturated rings. The second kappa shape index (κ2) is 4.91. The Labute approximate surface area is 131 Å². The van der Waals surface area contributed by atoms with Gasteiger partial charge in [-0.25, -0.2) is 19.0 Å². The van der Waals surface area contributed by atoms with Gasteiger partial charge in [0.25, 0.3) is 0 Å². The second-order valence-electron chi connectivity index (χ2n) is 5.99. The van der Waals surface area contributed by atoms with Gasteiger partial charge in [0, 0.05) is 5.56 Å². The van der Waals surface area contributed by atoms with E-state index in [0.29, 0.717) is 16.7 Å². The van der Waals surface area contributed by atoms with Crippen LogP contribution in [-0.4, -0.2) is 19.7 Å². The van der Waals surface area contributed by atoms with Gasteiger partial charge in [0.15, 0.2) is 11.5 Å². The Morgan fingerprint density at radius 2 is 1.95 bits per heavy atom. The average Bonchev–Trinajstić information content (AvgIpc) is 2.83. The van der Waals surface area contributed by atoms with Crippen molar-refractivity contribution in [2.45, 2.75) is 26.3 Å². The Morgan fingerprint density at radius 1 is 1.23 bits per heavy atom. The summed E-state index contributed by atoms with van der Waals surface area (Å²) < 4.78 is 16.1. The number of halogens is 2. The van der Waals surface area contributed by atoms with Crippen LogP contribution in [0.4, 0.5) is 10.2 Å². The average molecular weight is 320 g/mol. The molecular weight excluding hydrogens is 305 g/mol. The lowest BCUT2D eigenvalue weighted by atomic mass is 10.1. The Kier molecular flexibility index (Phi) is 3.29. The molecule has 0 saturated carbocycles. The van der Waals surface area contributed by atoms with Gasteiger partial charge >= 0.3 is 0 Å². The van der Waals surface area contributed by atoms with E-state index >= 15 is 0 Å². The number of fused-ring (bicyclic) bond motifs is 1. The molecule has 3 rings (SSSR count). The summed E-state index contributed by atoms with van der Waals surface area (Å²) >= 11 is 5.88. The van der Waals surface area contributed by atoms with Crippen molar-refractivity contribution in [3.63, 3.8) is 0 Å². The first kappa shape index (κ1) is 14.7. The van der Waals surface area contributed by atoms with E-state index in [1.165, 1.54) is 12.4 Å². The molecule has 2 heterocycles. The molecule has 0 unspecified atom stereocenters. The molecule has 7 heteroatoms. The van der Waals surface area contributed by atoms with Gasteiger partial charge in [0.05, 0.1) is 15.9 Å². The minimum atomic E-state index is -0.534. The minimum absolute atomic E-state index is 0.0337. The molecule has 3 aromatic rings. The second-order valence-corrected chi connectivity index (χ2v) is 6.40. The lowest BCUT2D eigenvalue weighted by Crippen LogP contribution is -2.23. The molecule has 0 saturated heterocycles. The van der Waals surface area contributed by atoms with Gasteiger partial charge in [-0.2, -0.15) is 5.10 Å². The van der Waals surface area contributed by atoms with Crippen LogP contribution in [0.1, 0.15) is 20.8 Å². The smallest absolute Gasteiger partial charge is 0.164 e. The largest absolute Gasteiger partial charge is 0.383 e. The molecule has 22 heavy (non-hydrogen) atoms. The van der Waals surface area contributed by atoms with Gasteiger partial charge in [-0.3, -0.25) is 0 Å². The van der Waals surface area contributed by atoms with E-state index in [0.717, 1.165) is 0 Å². The summed E-state index contributed by atoms with van der Waals surface area (Å²) in [6.07, 6.45) is 1.37. The van der Waals surface area contributed by atoms with Gasteiger partial charge < -0.3 is 5.73 Å². The zero-order chi connectivity index (χ0) is 16.1. The normalized spacial score (nSPS) is 12.0. The molecule has 5 nitrogen and oxygen atoms in total. The van der Waals surface area contributed by atoms with Crippen molar-refractivity contribution in [3.8, 4) is 11.3 Å². The van der Waals surface area contributed by atoms with Crippen LogP contribution in [0, 0.1) is 5.82 Å². The number of rotatable bonds is 1. The standard InChI is InChI=1S/C15H15ClFN5/c1-15(2,3)22-14-10(13(18)19-7-20-14)12(21-22)8-5-4-6-9(16)11(8)17/h4-7H,1-3H3,(H2,18,19,20). The third-order valence-corrected chi connectivity index (χ3v) is 3.63. The highest BCUT2D eigenvalue weighted by Crippen LogP contribution is 2.35. The number of hydrogen-bond acceptors (Lipinski definition) is 4. The molecule has 0 aliphatic rings. The van der Waals surface area contributed by atoms with E-state index in [1.54, 1.807) is 16.8 Å². The van der Waals surface area contributed by atoms with E-state index in [4.69, 9.17) is 17.3 Å². The van der Waals surface area contributed by atoms with Crippen LogP contribution in [0.3, 0.4) is 0 Å². The first-order valence-electron chi connectivity index (χ1n) is 6.75. The number of anilines is 1. The summed E-state index contributed by atoms with van der Waals surface area (Å²) in [7, 11) is 0. The van der Waals surface area contributed by atoms with Gasteiger partial charge in [-0.15, -0.1) is 0 Å². The Bertz CT molecular complexity index is 866. The number of nitrogens with two attached hydrogens (primary N) is 1. The molecule has 1 aromatic carbocycles. The summed E-state index contributed by atoms with van der Waals surface area (Å²) in [5, 5.41) is 5.09. The van der Waals surface area contributed by atoms with E-state index in [9.17, 15) is 4.39 Å². The lowest BCUT2D eigenvalue weighted by Gasteiger charge is -2.19. The van der Waals surface area contributed by atoms with Crippen LogP contribution in [0.2, 0.25) is 5.02 Å². The number of hydrogen-bond donors (Lipinski definition) is 1. The van der Waals surface area contributed by atoms with Crippen molar-refractivity contribution < 1.29 is 4.39 Å². The molecule has 2 N–H and O–H groups in total. The number of aromatic nitrogens is 4. The van der Waals surface area contributed by atoms with Gasteiger partial charge in [-0.05, 0) is 32.9 Å². The maximum atomic E-state index is 14.4. The highest BCUT2D eigenvalue weighted by molar-refractivity contribution is 6.31. The van der Waals surface area contributed by atoms with Crippen LogP contribution in [0.15, 0.2) is 24.5 Å². The van der Waals surface area contributed by atoms with Crippen molar-refractivity contribution in [2.75, 3.05) is 5.73 Å². The SMILES string of the molecule is CC(C)(C)n1nc(-c2cccc(Cl)c2F)c2c(N)ncnc21. The first-order valence-corrected chi connectivity index (χ1v) is 7.12. The number of benzene rings is 1. The molecule has 2 aromatic heterocycles. The topological polar surface area (TPSA) is 69.6 Å². The minimum Gasteiger partial charge on any atom is -0.383 e. The Balaban J connectivity index is 2.43. The van der Waals surface area contributed by atoms with Crippen molar-refractivity contribution >= 4 is 28.5 Å². The van der Waals surface area contributed by atoms with Gasteiger partial charge in [0.1, 0.15) is 17.8 Å². The zero-order valence-electron chi connectivity index (χ0n) is 12.4. The highest BCUT2D eigenvalue weighted by Gasteiger charge is 2.25. The van der Waals surface area contributed by atoms with Crippen molar-refractivity contribution in [1.82, 2.24) is 19.7 Å². The maximum absolute atomic E-state index is 14.4. The van der Waals surface area contributed by atoms with Crippen LogP contribution >= 0.6 is 11.6 Å². The fourth-order valence-corrected chi connectivity index (χ4v) is 2.49.